The number of hydrogen-bond acceptors (Lipinski definition) is 0. The average Bonchev–Trinajstić information content (AvgIpc) is 2.47. The molecule has 0 saturated carbocycles. The minimum Gasteiger partial charge on any atom is -0.445 e. The minimum atomic E-state index is -4.97. The molecule has 0 nitrogen and oxygen atoms in total. The second kappa shape index (κ2) is 5.11. The Labute approximate surface area is 134 Å². The first-order valence-corrected chi connectivity index (χ1v) is 4.87. The molecule has 0 saturated heterocycles. The molecular weight excluding hydrogens is 250 g/mol. The van der Waals surface area contributed by atoms with Gasteiger partial charge in [-0.2, -0.15) is 0 Å². The zero-order valence-corrected chi connectivity index (χ0v) is 12.2. The molecule has 2 rings (SSSR count). The number of rotatable bonds is 1. The third-order valence-corrected chi connectivity index (χ3v) is 2.89. The monoisotopic (exact) mass is 258 g/mol. The van der Waals surface area contributed by atoms with Crippen molar-refractivity contribution in [3.63, 3.8) is 0 Å². The quantitative estimate of drug-likeness (QED) is 0.617. The van der Waals surface area contributed by atoms with Gasteiger partial charge >= 0.3 is 58.4 Å². The van der Waals surface area contributed by atoms with Crippen LogP contribution in [0.4, 0.5) is 12.9 Å². The fourth-order valence-corrected chi connectivity index (χ4v) is 2.17. The summed E-state index contributed by atoms with van der Waals surface area (Å²) in [4.78, 5) is 0. The van der Waals surface area contributed by atoms with Gasteiger partial charge in [0.25, 0.3) is 0 Å². The normalized spacial score (nSPS) is 14.7. The van der Waals surface area contributed by atoms with Gasteiger partial charge in [0.2, 0.25) is 0 Å². The number of halogens is 4. The molecule has 0 heterocycles. The van der Waals surface area contributed by atoms with E-state index in [0.29, 0.717) is 0 Å². The van der Waals surface area contributed by atoms with Crippen molar-refractivity contribution < 1.29 is 64.3 Å². The van der Waals surface area contributed by atoms with E-state index >= 15 is 0 Å². The molecule has 0 bridgehead atoms. The maximum Gasteiger partial charge on any atom is 1.00 e. The summed E-state index contributed by atoms with van der Waals surface area (Å²) in [6, 6.07) is 2.68. The number of fused-ring (bicyclic) bond motifs is 1. The predicted molar refractivity (Wildman–Crippen MR) is 52.2 cm³/mol. The van der Waals surface area contributed by atoms with Crippen LogP contribution in [0.1, 0.15) is 17.5 Å². The summed E-state index contributed by atoms with van der Waals surface area (Å²) in [7, 11) is 0. The van der Waals surface area contributed by atoms with E-state index in [1.165, 1.54) is 12.1 Å². The molecule has 1 aromatic rings. The van der Waals surface area contributed by atoms with E-state index in [-0.39, 0.29) is 56.4 Å². The van der Waals surface area contributed by atoms with Gasteiger partial charge in [0.05, 0.1) is 0 Å². The van der Waals surface area contributed by atoms with Crippen molar-refractivity contribution in [1.82, 2.24) is 0 Å². The molecule has 0 atom stereocenters. The number of benzene rings is 1. The topological polar surface area (TPSA) is 0 Å². The van der Waals surface area contributed by atoms with Gasteiger partial charge < -0.3 is 12.9 Å². The third kappa shape index (κ3) is 3.01. The molecule has 1 aliphatic rings. The number of hydrogen-bond donors (Lipinski definition) is 0. The molecule has 1 aromatic carbocycles. The fraction of sp³-hybridized carbons (Fsp3) is 0.333. The summed E-state index contributed by atoms with van der Waals surface area (Å²) < 4.78 is 37.5. The molecule has 0 spiro atoms. The maximum absolute atomic E-state index is 12.5. The predicted octanol–water partition coefficient (Wildman–Crippen LogP) is -0.113. The minimum absolute atomic E-state index is 0. The Kier molecular flexibility index (Phi) is 4.79. The summed E-state index contributed by atoms with van der Waals surface area (Å²) >= 11 is 5.59. The van der Waals surface area contributed by atoms with Crippen molar-refractivity contribution in [1.29, 1.82) is 0 Å². The Morgan fingerprint density at radius 3 is 2.13 bits per heavy atom. The first-order valence-electron chi connectivity index (χ1n) is 4.49. The summed E-state index contributed by atoms with van der Waals surface area (Å²) in [6.07, 6.45) is 2.52. The van der Waals surface area contributed by atoms with Gasteiger partial charge in [-0.05, 0) is 36.5 Å². The zero-order valence-electron chi connectivity index (χ0n) is 8.37. The third-order valence-electron chi connectivity index (χ3n) is 2.56. The molecule has 6 heteroatoms. The molecule has 76 valence electrons. The molecule has 15 heavy (non-hydrogen) atoms. The standard InChI is InChI=1S/C9H8BClF3.K/c11-9-5-7-3-1-2-6(7)4-8(9)10(12,13)14;/h4-5H,1-3H2;/q-1;+1. The summed E-state index contributed by atoms with van der Waals surface area (Å²) in [6.45, 7) is -4.97. The van der Waals surface area contributed by atoms with E-state index in [4.69, 9.17) is 11.6 Å². The SMILES string of the molecule is F[B-](F)(F)c1cc2c(cc1Cl)CCC2.[K+]. The largest absolute Gasteiger partial charge is 1.00 e. The average molecular weight is 259 g/mol. The van der Waals surface area contributed by atoms with Gasteiger partial charge in [0.15, 0.2) is 0 Å². The first kappa shape index (κ1) is 14.1. The van der Waals surface area contributed by atoms with Crippen molar-refractivity contribution in [2.24, 2.45) is 0 Å². The summed E-state index contributed by atoms with van der Waals surface area (Å²) in [5, 5.41) is -0.154. The van der Waals surface area contributed by atoms with Crippen LogP contribution in [0.2, 0.25) is 5.02 Å². The van der Waals surface area contributed by atoms with Crippen LogP contribution >= 0.6 is 11.6 Å². The van der Waals surface area contributed by atoms with Crippen LogP contribution in [0.5, 0.6) is 0 Å². The van der Waals surface area contributed by atoms with Gasteiger partial charge in [-0.1, -0.05) is 23.1 Å². The Morgan fingerprint density at radius 2 is 1.60 bits per heavy atom. The molecule has 0 unspecified atom stereocenters. The summed E-state index contributed by atoms with van der Waals surface area (Å²) in [5.74, 6) is 0. The van der Waals surface area contributed by atoms with E-state index in [9.17, 15) is 12.9 Å². The molecule has 0 fully saturated rings. The van der Waals surface area contributed by atoms with Gasteiger partial charge in [0.1, 0.15) is 0 Å². The van der Waals surface area contributed by atoms with Crippen molar-refractivity contribution in [3.8, 4) is 0 Å². The van der Waals surface area contributed by atoms with Gasteiger partial charge in [0, 0.05) is 5.02 Å². The van der Waals surface area contributed by atoms with E-state index in [1.807, 2.05) is 0 Å². The number of aryl methyl sites for hydroxylation is 2. The van der Waals surface area contributed by atoms with Crippen LogP contribution in [-0.2, 0) is 12.8 Å². The van der Waals surface area contributed by atoms with E-state index in [1.54, 1.807) is 0 Å². The molecule has 0 radical (unpaired) electrons. The second-order valence-electron chi connectivity index (χ2n) is 3.57. The molecular formula is C9H8BClF3K. The van der Waals surface area contributed by atoms with Crippen LogP contribution in [0.3, 0.4) is 0 Å². The zero-order chi connectivity index (χ0) is 10.3. The molecule has 0 aromatic heterocycles. The van der Waals surface area contributed by atoms with Crippen molar-refractivity contribution in [3.05, 3.63) is 28.3 Å². The first-order chi connectivity index (χ1) is 6.48. The van der Waals surface area contributed by atoms with Crippen LogP contribution in [-0.4, -0.2) is 6.98 Å². The maximum atomic E-state index is 12.5. The van der Waals surface area contributed by atoms with Crippen molar-refractivity contribution >= 4 is 24.0 Å². The van der Waals surface area contributed by atoms with Crippen molar-refractivity contribution in [2.75, 3.05) is 0 Å². The smallest absolute Gasteiger partial charge is 0.445 e. The molecule has 1 aliphatic carbocycles. The van der Waals surface area contributed by atoms with Crippen LogP contribution in [0.15, 0.2) is 12.1 Å². The van der Waals surface area contributed by atoms with E-state index in [2.05, 4.69) is 0 Å². The summed E-state index contributed by atoms with van der Waals surface area (Å²) in [5.41, 5.74) is 1.13. The second-order valence-corrected chi connectivity index (χ2v) is 3.98. The van der Waals surface area contributed by atoms with Gasteiger partial charge in [-0.15, -0.1) is 0 Å². The van der Waals surface area contributed by atoms with Crippen LogP contribution < -0.4 is 56.8 Å². The van der Waals surface area contributed by atoms with E-state index < -0.39 is 12.4 Å². The van der Waals surface area contributed by atoms with Gasteiger partial charge in [-0.3, -0.25) is 0 Å². The van der Waals surface area contributed by atoms with E-state index in [0.717, 1.165) is 30.4 Å². The molecule has 0 aliphatic heterocycles. The Bertz CT molecular complexity index is 378. The molecule has 0 N–H and O–H groups in total. The van der Waals surface area contributed by atoms with Gasteiger partial charge in [-0.25, -0.2) is 0 Å². The Balaban J connectivity index is 0.00000112. The van der Waals surface area contributed by atoms with Crippen molar-refractivity contribution in [2.45, 2.75) is 19.3 Å². The Hall–Kier alpha value is 1.00. The van der Waals surface area contributed by atoms with Crippen LogP contribution in [0.25, 0.3) is 0 Å². The molecule has 0 amide bonds. The fourth-order valence-electron chi connectivity index (χ4n) is 1.86. The Morgan fingerprint density at radius 1 is 1.07 bits per heavy atom. The van der Waals surface area contributed by atoms with Crippen LogP contribution in [0, 0.1) is 0 Å².